The summed E-state index contributed by atoms with van der Waals surface area (Å²) < 4.78 is 11.6. The number of nitrogens with zero attached hydrogens (tertiary/aromatic N) is 2. The van der Waals surface area contributed by atoms with Crippen molar-refractivity contribution in [2.45, 2.75) is 38.1 Å². The number of benzene rings is 2. The van der Waals surface area contributed by atoms with E-state index in [4.69, 9.17) is 9.15 Å². The summed E-state index contributed by atoms with van der Waals surface area (Å²) >= 11 is 1.43. The summed E-state index contributed by atoms with van der Waals surface area (Å²) in [5.74, 6) is 2.54. The Morgan fingerprint density at radius 2 is 1.78 bits per heavy atom. The van der Waals surface area contributed by atoms with Crippen LogP contribution in [0.2, 0.25) is 0 Å². The van der Waals surface area contributed by atoms with Crippen LogP contribution in [-0.2, 0) is 12.2 Å². The zero-order chi connectivity index (χ0) is 22.5. The lowest BCUT2D eigenvalue weighted by Gasteiger charge is -2.07. The van der Waals surface area contributed by atoms with Gasteiger partial charge in [0, 0.05) is 23.4 Å². The molecule has 0 amide bonds. The lowest BCUT2D eigenvalue weighted by Crippen LogP contribution is -2.17. The van der Waals surface area contributed by atoms with E-state index in [-0.39, 0.29) is 5.56 Å². The van der Waals surface area contributed by atoms with E-state index in [2.05, 4.69) is 15.0 Å². The molecule has 0 unspecified atom stereocenters. The number of oxazole rings is 1. The Kier molecular flexibility index (Phi) is 6.75. The first-order valence-electron chi connectivity index (χ1n) is 10.5. The second-order valence-corrected chi connectivity index (χ2v) is 8.30. The molecule has 0 aliphatic rings. The number of hydrogen-bond donors (Lipinski definition) is 1. The van der Waals surface area contributed by atoms with Crippen LogP contribution in [-0.4, -0.2) is 21.6 Å². The molecule has 0 saturated heterocycles. The second-order valence-electron chi connectivity index (χ2n) is 7.34. The molecule has 0 aliphatic heterocycles. The first-order chi connectivity index (χ1) is 15.5. The quantitative estimate of drug-likeness (QED) is 0.291. The average molecular weight is 448 g/mol. The van der Waals surface area contributed by atoms with Gasteiger partial charge in [-0.15, -0.1) is 0 Å². The number of aromatic amines is 1. The molecule has 6 nitrogen and oxygen atoms in total. The fourth-order valence-corrected chi connectivity index (χ4v) is 4.31. The Labute approximate surface area is 191 Å². The highest BCUT2D eigenvalue weighted by Crippen LogP contribution is 2.32. The van der Waals surface area contributed by atoms with Gasteiger partial charge in [-0.3, -0.25) is 4.79 Å². The van der Waals surface area contributed by atoms with Crippen LogP contribution >= 0.6 is 11.8 Å². The maximum absolute atomic E-state index is 12.7. The minimum Gasteiger partial charge on any atom is -0.493 e. The van der Waals surface area contributed by atoms with E-state index in [1.807, 2.05) is 75.4 Å². The SMILES string of the molecule is CCOc1ccccc1-c1nc(CSc2nc(C)c(Cc3ccccc3)c(=O)[nH]2)c(C)o1. The van der Waals surface area contributed by atoms with Crippen molar-refractivity contribution in [2.24, 2.45) is 0 Å². The molecular weight excluding hydrogens is 422 g/mol. The number of H-pyrrole nitrogens is 1. The van der Waals surface area contributed by atoms with Crippen molar-refractivity contribution < 1.29 is 9.15 Å². The van der Waals surface area contributed by atoms with Crippen LogP contribution in [0.25, 0.3) is 11.5 Å². The number of thioether (sulfide) groups is 1. The summed E-state index contributed by atoms with van der Waals surface area (Å²) in [6.45, 7) is 6.28. The lowest BCUT2D eigenvalue weighted by atomic mass is 10.1. The Hall–Kier alpha value is -3.32. The third-order valence-corrected chi connectivity index (χ3v) is 5.96. The molecule has 1 N–H and O–H groups in total. The van der Waals surface area contributed by atoms with Crippen molar-refractivity contribution in [1.29, 1.82) is 0 Å². The third-order valence-electron chi connectivity index (χ3n) is 5.08. The van der Waals surface area contributed by atoms with E-state index in [0.717, 1.165) is 34.0 Å². The molecule has 2 aromatic heterocycles. The third kappa shape index (κ3) is 4.94. The van der Waals surface area contributed by atoms with Crippen LogP contribution in [0, 0.1) is 13.8 Å². The summed E-state index contributed by atoms with van der Waals surface area (Å²) in [5.41, 5.74) is 4.04. The first kappa shape index (κ1) is 21.9. The van der Waals surface area contributed by atoms with E-state index in [0.29, 0.717) is 35.4 Å². The monoisotopic (exact) mass is 447 g/mol. The molecule has 0 radical (unpaired) electrons. The summed E-state index contributed by atoms with van der Waals surface area (Å²) in [6, 6.07) is 17.6. The largest absolute Gasteiger partial charge is 0.493 e. The van der Waals surface area contributed by atoms with Gasteiger partial charge in [0.1, 0.15) is 11.5 Å². The standard InChI is InChI=1S/C25H25N3O3S/c1-4-30-22-13-9-8-12-19(22)24-27-21(17(3)31-24)15-32-25-26-16(2)20(23(29)28-25)14-18-10-6-5-7-11-18/h5-13H,4,14-15H2,1-3H3,(H,26,28,29). The Balaban J connectivity index is 1.50. The highest BCUT2D eigenvalue weighted by atomic mass is 32.2. The van der Waals surface area contributed by atoms with Crippen molar-refractivity contribution in [3.05, 3.63) is 93.2 Å². The van der Waals surface area contributed by atoms with E-state index in [1.165, 1.54) is 11.8 Å². The fourth-order valence-electron chi connectivity index (χ4n) is 3.40. The number of aromatic nitrogens is 3. The van der Waals surface area contributed by atoms with E-state index < -0.39 is 0 Å². The molecular formula is C25H25N3O3S. The van der Waals surface area contributed by atoms with Crippen molar-refractivity contribution >= 4 is 11.8 Å². The average Bonchev–Trinajstić information content (AvgIpc) is 3.16. The van der Waals surface area contributed by atoms with Gasteiger partial charge < -0.3 is 14.1 Å². The van der Waals surface area contributed by atoms with Gasteiger partial charge in [-0.1, -0.05) is 54.2 Å². The van der Waals surface area contributed by atoms with E-state index in [1.54, 1.807) is 0 Å². The second kappa shape index (κ2) is 9.87. The van der Waals surface area contributed by atoms with Gasteiger partial charge >= 0.3 is 0 Å². The molecule has 0 atom stereocenters. The molecule has 2 aromatic carbocycles. The van der Waals surface area contributed by atoms with Gasteiger partial charge in [0.05, 0.1) is 17.9 Å². The molecule has 0 spiro atoms. The molecule has 2 heterocycles. The normalized spacial score (nSPS) is 11.0. The van der Waals surface area contributed by atoms with Gasteiger partial charge in [0.2, 0.25) is 5.89 Å². The predicted molar refractivity (Wildman–Crippen MR) is 126 cm³/mol. The van der Waals surface area contributed by atoms with Gasteiger partial charge in [0.25, 0.3) is 5.56 Å². The van der Waals surface area contributed by atoms with Crippen molar-refractivity contribution in [3.8, 4) is 17.2 Å². The zero-order valence-electron chi connectivity index (χ0n) is 18.3. The van der Waals surface area contributed by atoms with Gasteiger partial charge in [-0.25, -0.2) is 9.97 Å². The number of aryl methyl sites for hydroxylation is 2. The maximum Gasteiger partial charge on any atom is 0.255 e. The van der Waals surface area contributed by atoms with Crippen LogP contribution in [0.3, 0.4) is 0 Å². The number of para-hydroxylation sites is 1. The molecule has 0 fully saturated rings. The van der Waals surface area contributed by atoms with Crippen LogP contribution in [0.5, 0.6) is 5.75 Å². The molecule has 4 aromatic rings. The smallest absolute Gasteiger partial charge is 0.255 e. The Morgan fingerprint density at radius 3 is 2.53 bits per heavy atom. The summed E-state index contributed by atoms with van der Waals surface area (Å²) in [5, 5.41) is 0.572. The summed E-state index contributed by atoms with van der Waals surface area (Å²) in [4.78, 5) is 24.9. The van der Waals surface area contributed by atoms with Crippen LogP contribution in [0.1, 0.15) is 35.2 Å². The van der Waals surface area contributed by atoms with E-state index >= 15 is 0 Å². The van der Waals surface area contributed by atoms with Crippen molar-refractivity contribution in [1.82, 2.24) is 15.0 Å². The molecule has 164 valence electrons. The van der Waals surface area contributed by atoms with Gasteiger partial charge in [-0.2, -0.15) is 0 Å². The van der Waals surface area contributed by atoms with Crippen LogP contribution in [0.4, 0.5) is 0 Å². The predicted octanol–water partition coefficient (Wildman–Crippen LogP) is 5.32. The summed E-state index contributed by atoms with van der Waals surface area (Å²) in [6.07, 6.45) is 0.560. The highest BCUT2D eigenvalue weighted by molar-refractivity contribution is 7.98. The van der Waals surface area contributed by atoms with Gasteiger partial charge in [-0.05, 0) is 38.5 Å². The highest BCUT2D eigenvalue weighted by Gasteiger charge is 2.16. The minimum absolute atomic E-state index is 0.105. The molecule has 4 rings (SSSR count). The maximum atomic E-state index is 12.7. The van der Waals surface area contributed by atoms with Crippen LogP contribution < -0.4 is 10.3 Å². The number of ether oxygens (including phenoxy) is 1. The fraction of sp³-hybridized carbons (Fsp3) is 0.240. The Morgan fingerprint density at radius 1 is 1.03 bits per heavy atom. The number of hydrogen-bond acceptors (Lipinski definition) is 6. The lowest BCUT2D eigenvalue weighted by molar-refractivity contribution is 0.340. The number of rotatable bonds is 8. The molecule has 7 heteroatoms. The Bertz CT molecular complexity index is 1270. The molecule has 0 bridgehead atoms. The summed E-state index contributed by atoms with van der Waals surface area (Å²) in [7, 11) is 0. The minimum atomic E-state index is -0.105. The van der Waals surface area contributed by atoms with Crippen LogP contribution in [0.15, 0.2) is 69.0 Å². The number of nitrogens with one attached hydrogen (secondary N) is 1. The molecule has 0 saturated carbocycles. The molecule has 0 aliphatic carbocycles. The zero-order valence-corrected chi connectivity index (χ0v) is 19.2. The molecule has 32 heavy (non-hydrogen) atoms. The van der Waals surface area contributed by atoms with Crippen molar-refractivity contribution in [2.75, 3.05) is 6.61 Å². The topological polar surface area (TPSA) is 81.0 Å². The van der Waals surface area contributed by atoms with E-state index in [9.17, 15) is 4.79 Å². The first-order valence-corrected chi connectivity index (χ1v) is 11.5. The van der Waals surface area contributed by atoms with Crippen molar-refractivity contribution in [3.63, 3.8) is 0 Å². The van der Waals surface area contributed by atoms with Gasteiger partial charge in [0.15, 0.2) is 5.16 Å².